The highest BCUT2D eigenvalue weighted by Gasteiger charge is 2.41. The fourth-order valence-corrected chi connectivity index (χ4v) is 15.8. The number of phenols is 2. The second-order valence-corrected chi connectivity index (χ2v) is 35.3. The molecule has 19 N–H and O–H groups in total. The fourth-order valence-electron chi connectivity index (χ4n) is 15.0. The molecule has 38 nitrogen and oxygen atoms in total. The number of rotatable bonds is 67. The molecule has 0 spiro atoms. The van der Waals surface area contributed by atoms with Crippen molar-refractivity contribution in [3.05, 3.63) is 95.6 Å². The van der Waals surface area contributed by atoms with E-state index in [2.05, 4.69) is 37.2 Å². The number of carbonyl (C=O) groups is 19. The van der Waals surface area contributed by atoms with Crippen LogP contribution in [0.15, 0.2) is 78.9 Å². The number of carbonyl (C=O) groups excluding carboxylic acids is 16. The van der Waals surface area contributed by atoms with Gasteiger partial charge in [-0.15, -0.1) is 11.8 Å². The molecule has 1 aliphatic heterocycles. The van der Waals surface area contributed by atoms with Crippen molar-refractivity contribution in [2.45, 2.75) is 244 Å². The Balaban J connectivity index is 1.53. The number of nitrogens with zero attached hydrogens (tertiary/aromatic N) is 1. The molecule has 0 bridgehead atoms. The van der Waals surface area contributed by atoms with Crippen LogP contribution < -0.4 is 43.0 Å². The molecule has 0 aromatic heterocycles. The average Bonchev–Trinajstić information content (AvgIpc) is 1.46. The van der Waals surface area contributed by atoms with Gasteiger partial charge in [-0.3, -0.25) is 91.1 Å². The zero-order valence-electron chi connectivity index (χ0n) is 75.3. The van der Waals surface area contributed by atoms with Crippen molar-refractivity contribution in [2.75, 3.05) is 50.9 Å². The van der Waals surface area contributed by atoms with Gasteiger partial charge in [-0.1, -0.05) is 95.1 Å². The topological polar surface area (TPSA) is 640 Å². The van der Waals surface area contributed by atoms with E-state index in [-0.39, 0.29) is 91.4 Å². The summed E-state index contributed by atoms with van der Waals surface area (Å²) in [5, 5.41) is 121. The molecule has 0 unspecified atom stereocenters. The number of nitrogens with two attached hydrogens (primary N) is 1. The predicted octanol–water partition coefficient (Wildman–Crippen LogP) is 1.66. The number of ketones is 8. The number of aromatic hydroxyl groups is 2. The van der Waals surface area contributed by atoms with E-state index < -0.39 is 292 Å². The first-order valence-electron chi connectivity index (χ1n) is 44.2. The van der Waals surface area contributed by atoms with Gasteiger partial charge in [0.25, 0.3) is 5.91 Å². The summed E-state index contributed by atoms with van der Waals surface area (Å²) < 4.78 is 0. The summed E-state index contributed by atoms with van der Waals surface area (Å²) in [6.45, 7) is 8.77. The van der Waals surface area contributed by atoms with E-state index in [1.165, 1.54) is 53.4 Å². The summed E-state index contributed by atoms with van der Waals surface area (Å²) in [5.74, 6) is -30.4. The molecule has 0 radical (unpaired) electrons. The lowest BCUT2D eigenvalue weighted by Gasteiger charge is -2.28. The van der Waals surface area contributed by atoms with Crippen molar-refractivity contribution in [3.63, 3.8) is 0 Å². The van der Waals surface area contributed by atoms with Crippen LogP contribution in [-0.4, -0.2) is 273 Å². The number of Topliss-reactive ketones (excluding diaryl/α,β-unsaturated/α-hetero) is 8. The van der Waals surface area contributed by atoms with Gasteiger partial charge in [0.15, 0.2) is 34.7 Å². The molecule has 1 heterocycles. The first-order valence-corrected chi connectivity index (χ1v) is 45.4. The fraction of sp³-hybridized carbons (Fsp3) is 0.598. The molecule has 8 amide bonds. The van der Waals surface area contributed by atoms with Crippen LogP contribution in [0.2, 0.25) is 0 Å². The van der Waals surface area contributed by atoms with Crippen LogP contribution in [0, 0.1) is 53.3 Å². The molecule has 0 aliphatic carbocycles. The van der Waals surface area contributed by atoms with Crippen LogP contribution in [0.5, 0.6) is 11.5 Å². The lowest BCUT2D eigenvalue weighted by atomic mass is 9.85. The lowest BCUT2D eigenvalue weighted by molar-refractivity contribution is -0.143. The number of aliphatic carboxylic acids is 3. The highest BCUT2D eigenvalue weighted by atomic mass is 32.2. The van der Waals surface area contributed by atoms with Gasteiger partial charge in [-0.25, -0.2) is 0 Å². The van der Waals surface area contributed by atoms with Crippen molar-refractivity contribution in [3.8, 4) is 11.5 Å². The Morgan fingerprint density at radius 3 is 1.44 bits per heavy atom. The molecule has 1 saturated heterocycles. The number of unbranched alkanes of at least 4 members (excludes halogenated alkanes) is 1. The average molecular weight is 1860 g/mol. The first kappa shape index (κ1) is 112. The SMILES string of the molecule is CC[C@H](C)[C@H](NC(=O)[C@H](CO)CC(=O)[C@H](Cc1ccc(O)cc1)NC(=O)[C@H](CC(=O)O)CC(=O)[C@H](CO)NC(=O)[C@@H](CC(=O)[C@H](Cc1ccccc1)NC(=O)[C@@H](CC(=O)CNC(=O)[C@H](CCC(=O)O)CC(=O)CSCC(=O)CCCN1CC[C@H](O)C1=O)[C@@H](C)O)[C@@H](C)O)C(=O)C[C@@H](Cc1ccc(O)cc1)C(=O)N[C@@H](CC(C)C)C(=O)C[C@@H](CC(=O)O)C(=O)N[C@H](C)CCCCN. The van der Waals surface area contributed by atoms with Crippen molar-refractivity contribution < 1.29 is 142 Å². The third-order valence-electron chi connectivity index (χ3n) is 22.9. The van der Waals surface area contributed by atoms with E-state index in [1.54, 1.807) is 65.0 Å². The number of hydrogen-bond donors (Lipinski definition) is 18. The molecule has 0 saturated carbocycles. The van der Waals surface area contributed by atoms with Gasteiger partial charge < -0.3 is 98.9 Å². The van der Waals surface area contributed by atoms with E-state index >= 15 is 0 Å². The Labute approximate surface area is 765 Å². The van der Waals surface area contributed by atoms with Crippen LogP contribution in [0.25, 0.3) is 0 Å². The zero-order chi connectivity index (χ0) is 97.9. The van der Waals surface area contributed by atoms with Crippen LogP contribution in [0.4, 0.5) is 0 Å². The van der Waals surface area contributed by atoms with Crippen LogP contribution in [-0.2, 0) is 110 Å². The van der Waals surface area contributed by atoms with E-state index in [1.807, 2.05) is 0 Å². The molecule has 3 aromatic carbocycles. The van der Waals surface area contributed by atoms with Gasteiger partial charge >= 0.3 is 17.9 Å². The van der Waals surface area contributed by atoms with Crippen molar-refractivity contribution in [1.82, 2.24) is 42.1 Å². The van der Waals surface area contributed by atoms with Crippen LogP contribution in [0.1, 0.15) is 187 Å². The van der Waals surface area contributed by atoms with Crippen molar-refractivity contribution in [1.29, 1.82) is 0 Å². The summed E-state index contributed by atoms with van der Waals surface area (Å²) in [6, 6.07) is 10.4. The number of aliphatic hydroxyl groups is 5. The molecule has 131 heavy (non-hydrogen) atoms. The van der Waals surface area contributed by atoms with E-state index in [0.717, 1.165) is 25.6 Å². The Hall–Kier alpha value is -11.1. The first-order chi connectivity index (χ1) is 61.9. The van der Waals surface area contributed by atoms with Gasteiger partial charge in [-0.05, 0) is 138 Å². The number of phenolic OH excluding ortho intramolecular Hbond substituents is 2. The highest BCUT2D eigenvalue weighted by Crippen LogP contribution is 2.27. The minimum Gasteiger partial charge on any atom is -0.508 e. The molecule has 39 heteroatoms. The quantitative estimate of drug-likeness (QED) is 0.0357. The number of carboxylic acid groups (broad SMARTS) is 3. The number of nitrogens with one attached hydrogen (secondary N) is 7. The minimum absolute atomic E-state index is 0.0243. The summed E-state index contributed by atoms with van der Waals surface area (Å²) in [7, 11) is 0. The maximum absolute atomic E-state index is 14.8. The second-order valence-electron chi connectivity index (χ2n) is 34.4. The summed E-state index contributed by atoms with van der Waals surface area (Å²) >= 11 is 0.966. The van der Waals surface area contributed by atoms with E-state index in [0.29, 0.717) is 56.3 Å². The number of carboxylic acids is 3. The Bertz CT molecular complexity index is 4360. The standard InChI is InChI=1S/C92H131N9O29S/c1-8-52(4)84(80(116)40-60(34-57-19-24-64(106)25-20-57)87(125)96-71(33-51(2)3)76(112)38-61(42-82(119)120)86(124)95-53(5)15-12-13-30-93)100-89(127)63(47-102)41-77(113)72(36-58-21-26-65(107)27-22-58)97-88(126)62(43-83(121)122)39-78(114)74(48-103)99-91(129)70(55(7)105)45-79(115)73(35-56-16-10-9-11-17-56)98-90(128)69(54(6)104)44-67(109)46-94-85(123)59(23-28-81(117)118)37-68(110)50-131-49-66(108)18-14-31-101-32-29-75(111)92(101)130/h9-11,16-17,19-22,24-27,51-55,59-63,69-75,84,102-107,111H,8,12-15,18,23,28-50,93H2,1-7H3,(H,94,123)(H,95,124)(H,96,125)(H,97,126)(H,98,128)(H,99,129)(H,100,127)(H,117,118)(H,119,120)(H,121,122)/t52-,53+,54+,55+,59+,60+,61-,62-,63-,69-,70-,71-,72-,73-,74-,75-,84-/m0/s1. The van der Waals surface area contributed by atoms with Crippen LogP contribution >= 0.6 is 11.8 Å². The molecule has 1 aliphatic rings. The van der Waals surface area contributed by atoms with Crippen LogP contribution in [0.3, 0.4) is 0 Å². The molecule has 17 atom stereocenters. The molecule has 3 aromatic rings. The van der Waals surface area contributed by atoms with Gasteiger partial charge in [0.2, 0.25) is 41.4 Å². The zero-order valence-corrected chi connectivity index (χ0v) is 76.1. The predicted molar refractivity (Wildman–Crippen MR) is 475 cm³/mol. The number of likely N-dealkylation sites (tertiary alicyclic amines) is 1. The summed E-state index contributed by atoms with van der Waals surface area (Å²) in [4.78, 5) is 261. The second kappa shape index (κ2) is 57.9. The van der Waals surface area contributed by atoms with E-state index in [9.17, 15) is 142 Å². The smallest absolute Gasteiger partial charge is 0.304 e. The maximum Gasteiger partial charge on any atom is 0.304 e. The molecule has 1 fully saturated rings. The number of benzene rings is 3. The maximum atomic E-state index is 14.8. The number of hydrogen-bond acceptors (Lipinski definition) is 28. The Morgan fingerprint density at radius 2 is 0.931 bits per heavy atom. The van der Waals surface area contributed by atoms with Gasteiger partial charge in [0, 0.05) is 88.8 Å². The van der Waals surface area contributed by atoms with Gasteiger partial charge in [0.1, 0.15) is 35.2 Å². The Morgan fingerprint density at radius 1 is 0.458 bits per heavy atom. The highest BCUT2D eigenvalue weighted by molar-refractivity contribution is 8.00. The molecule has 724 valence electrons. The van der Waals surface area contributed by atoms with E-state index in [4.69, 9.17) is 5.73 Å². The molecule has 4 rings (SSSR count). The normalized spacial score (nSPS) is 16.2. The van der Waals surface area contributed by atoms with Gasteiger partial charge in [-0.2, -0.15) is 0 Å². The monoisotopic (exact) mass is 1860 g/mol. The minimum atomic E-state index is -1.99. The third kappa shape index (κ3) is 41.1. The number of aliphatic hydroxyl groups excluding tert-OH is 5. The number of thioether (sulfide) groups is 1. The van der Waals surface area contributed by atoms with Crippen molar-refractivity contribution in [2.24, 2.45) is 59.0 Å². The Kier molecular flexibility index (Phi) is 49.6. The summed E-state index contributed by atoms with van der Waals surface area (Å²) in [5.41, 5.74) is 6.77. The van der Waals surface area contributed by atoms with Gasteiger partial charge in [0.05, 0.1) is 110 Å². The summed E-state index contributed by atoms with van der Waals surface area (Å²) in [6.07, 6.45) is -10.5. The lowest BCUT2D eigenvalue weighted by Crippen LogP contribution is -2.52. The number of amides is 8. The third-order valence-corrected chi connectivity index (χ3v) is 23.9. The molecular formula is C92H131N9O29S. The van der Waals surface area contributed by atoms with Crippen molar-refractivity contribution >= 4 is 123 Å². The molecular weight excluding hydrogens is 1730 g/mol. The largest absolute Gasteiger partial charge is 0.508 e.